The van der Waals surface area contributed by atoms with E-state index < -0.39 is 0 Å². The van der Waals surface area contributed by atoms with Gasteiger partial charge in [-0.3, -0.25) is 4.79 Å². The van der Waals surface area contributed by atoms with Crippen LogP contribution < -0.4 is 5.48 Å². The van der Waals surface area contributed by atoms with Crippen LogP contribution >= 0.6 is 0 Å². The number of aldehydes is 1. The molecule has 4 nitrogen and oxygen atoms in total. The average molecular weight is 265 g/mol. The van der Waals surface area contributed by atoms with Crippen LogP contribution in [0.15, 0.2) is 36.6 Å². The fraction of sp³-hybridized carbons (Fsp3) is 0.467. The molecule has 0 aliphatic rings. The minimum absolute atomic E-state index is 0.129. The predicted molar refractivity (Wildman–Crippen MR) is 76.0 cm³/mol. The molecule has 19 heavy (non-hydrogen) atoms. The molecule has 0 aliphatic carbocycles. The summed E-state index contributed by atoms with van der Waals surface area (Å²) >= 11 is 0. The van der Waals surface area contributed by atoms with E-state index in [1.54, 1.807) is 12.2 Å². The first kappa shape index (κ1) is 17.2. The highest BCUT2D eigenvalue weighted by atomic mass is 16.7. The van der Waals surface area contributed by atoms with Crippen LogP contribution in [0, 0.1) is 5.92 Å². The lowest BCUT2D eigenvalue weighted by Crippen LogP contribution is -2.23. The zero-order valence-electron chi connectivity index (χ0n) is 11.8. The molecule has 0 radical (unpaired) electrons. The number of hydrogen-bond donors (Lipinski definition) is 1. The molecule has 4 heteroatoms. The van der Waals surface area contributed by atoms with E-state index in [1.165, 1.54) is 0 Å². The van der Waals surface area contributed by atoms with Gasteiger partial charge in [0.15, 0.2) is 0 Å². The van der Waals surface area contributed by atoms with Gasteiger partial charge in [-0.1, -0.05) is 38.7 Å². The number of rotatable bonds is 10. The van der Waals surface area contributed by atoms with Crippen LogP contribution in [0.5, 0.6) is 0 Å². The van der Waals surface area contributed by atoms with E-state index in [0.29, 0.717) is 24.4 Å². The summed E-state index contributed by atoms with van der Waals surface area (Å²) in [5.74, 6) is 0.730. The van der Waals surface area contributed by atoms with E-state index in [4.69, 9.17) is 4.84 Å². The molecular weight excluding hydrogens is 242 g/mol. The Bertz CT molecular complexity index is 356. The van der Waals surface area contributed by atoms with Crippen LogP contribution in [0.2, 0.25) is 0 Å². The third-order valence-electron chi connectivity index (χ3n) is 2.60. The monoisotopic (exact) mass is 265 g/mol. The van der Waals surface area contributed by atoms with Crippen LogP contribution in [-0.2, 0) is 14.4 Å². The highest BCUT2D eigenvalue weighted by Crippen LogP contribution is 2.17. The third-order valence-corrected chi connectivity index (χ3v) is 2.60. The van der Waals surface area contributed by atoms with Gasteiger partial charge in [0.1, 0.15) is 12.0 Å². The second-order valence-corrected chi connectivity index (χ2v) is 4.51. The van der Waals surface area contributed by atoms with Gasteiger partial charge in [-0.05, 0) is 18.4 Å². The highest BCUT2D eigenvalue weighted by molar-refractivity contribution is 5.77. The number of allylic oxidation sites excluding steroid dienone is 4. The van der Waals surface area contributed by atoms with Crippen LogP contribution in [0.4, 0.5) is 0 Å². The highest BCUT2D eigenvalue weighted by Gasteiger charge is 2.06. The normalized spacial score (nSPS) is 11.0. The molecule has 0 aromatic heterocycles. The van der Waals surface area contributed by atoms with Crippen molar-refractivity contribution in [2.24, 2.45) is 5.92 Å². The van der Waals surface area contributed by atoms with Gasteiger partial charge in [-0.15, -0.1) is 0 Å². The average Bonchev–Trinajstić information content (AvgIpc) is 2.38. The Morgan fingerprint density at radius 1 is 1.32 bits per heavy atom. The molecule has 0 atom stereocenters. The first-order chi connectivity index (χ1) is 9.01. The smallest absolute Gasteiger partial charge is 0.253 e. The maximum atomic E-state index is 11.3. The van der Waals surface area contributed by atoms with Crippen molar-refractivity contribution < 1.29 is 14.4 Å². The Kier molecular flexibility index (Phi) is 9.14. The maximum absolute atomic E-state index is 11.3. The number of nitrogens with one attached hydrogen (secondary N) is 1. The molecule has 0 saturated heterocycles. The van der Waals surface area contributed by atoms with Gasteiger partial charge in [-0.25, -0.2) is 0 Å². The fourth-order valence-electron chi connectivity index (χ4n) is 1.24. The predicted octanol–water partition coefficient (Wildman–Crippen LogP) is 3.08. The Morgan fingerprint density at radius 3 is 2.53 bits per heavy atom. The number of carbonyl (C=O) groups is 2. The van der Waals surface area contributed by atoms with Crippen molar-refractivity contribution in [1.29, 1.82) is 0 Å². The molecule has 106 valence electrons. The minimum atomic E-state index is -0.315. The quantitative estimate of drug-likeness (QED) is 0.217. The number of amides is 1. The summed E-state index contributed by atoms with van der Waals surface area (Å²) in [6.45, 7) is 11.8. The van der Waals surface area contributed by atoms with Gasteiger partial charge in [0.25, 0.3) is 5.91 Å². The largest absolute Gasteiger partial charge is 0.384 e. The Labute approximate surface area is 115 Å². The zero-order valence-corrected chi connectivity index (χ0v) is 11.8. The second kappa shape index (κ2) is 10.1. The second-order valence-electron chi connectivity index (χ2n) is 4.51. The lowest BCUT2D eigenvalue weighted by molar-refractivity contribution is -0.131. The van der Waals surface area contributed by atoms with Crippen molar-refractivity contribution in [3.63, 3.8) is 0 Å². The van der Waals surface area contributed by atoms with Gasteiger partial charge in [0, 0.05) is 19.3 Å². The molecule has 0 aromatic rings. The molecular formula is C15H23NO3. The number of carbonyl (C=O) groups excluding carboxylic acids is 2. The fourth-order valence-corrected chi connectivity index (χ4v) is 1.24. The standard InChI is InChI=1S/C15H23NO3/c1-5-7-14(10-9-13(4)12(2)3)19-16-15(18)8-6-11-17/h5,7,11-12H,1,4,6,8-10H2,2-3H3,(H,16,18)/b14-7-. The van der Waals surface area contributed by atoms with Crippen molar-refractivity contribution in [1.82, 2.24) is 5.48 Å². The van der Waals surface area contributed by atoms with E-state index in [0.717, 1.165) is 12.0 Å². The first-order valence-corrected chi connectivity index (χ1v) is 6.39. The Balaban J connectivity index is 4.17. The van der Waals surface area contributed by atoms with Gasteiger partial charge in [-0.2, -0.15) is 5.48 Å². The van der Waals surface area contributed by atoms with Gasteiger partial charge in [0.05, 0.1) is 0 Å². The molecule has 0 rings (SSSR count). The van der Waals surface area contributed by atoms with Crippen LogP contribution in [-0.4, -0.2) is 12.2 Å². The molecule has 0 fully saturated rings. The third kappa shape index (κ3) is 8.83. The summed E-state index contributed by atoms with van der Waals surface area (Å²) in [5.41, 5.74) is 3.44. The Morgan fingerprint density at radius 2 is 2.00 bits per heavy atom. The van der Waals surface area contributed by atoms with Gasteiger partial charge >= 0.3 is 0 Å². The molecule has 0 spiro atoms. The number of hydroxylamine groups is 1. The molecule has 0 saturated carbocycles. The summed E-state index contributed by atoms with van der Waals surface area (Å²) in [5, 5.41) is 0. The van der Waals surface area contributed by atoms with Gasteiger partial charge in [0.2, 0.25) is 0 Å². The summed E-state index contributed by atoms with van der Waals surface area (Å²) in [6, 6.07) is 0. The Hall–Kier alpha value is -1.84. The maximum Gasteiger partial charge on any atom is 0.253 e. The topological polar surface area (TPSA) is 55.4 Å². The van der Waals surface area contributed by atoms with Crippen molar-refractivity contribution in [3.8, 4) is 0 Å². The SMILES string of the molecule is C=C/C=C(/CCC(=C)C(C)C)ONC(=O)CCC=O. The van der Waals surface area contributed by atoms with Gasteiger partial charge < -0.3 is 9.63 Å². The van der Waals surface area contributed by atoms with Crippen molar-refractivity contribution in [3.05, 3.63) is 36.6 Å². The lowest BCUT2D eigenvalue weighted by Gasteiger charge is -2.12. The van der Waals surface area contributed by atoms with E-state index in [1.807, 2.05) is 0 Å². The van der Waals surface area contributed by atoms with E-state index in [9.17, 15) is 9.59 Å². The van der Waals surface area contributed by atoms with Crippen molar-refractivity contribution >= 4 is 12.2 Å². The van der Waals surface area contributed by atoms with E-state index in [2.05, 4.69) is 32.5 Å². The van der Waals surface area contributed by atoms with Crippen molar-refractivity contribution in [2.75, 3.05) is 0 Å². The van der Waals surface area contributed by atoms with Crippen LogP contribution in [0.3, 0.4) is 0 Å². The van der Waals surface area contributed by atoms with Crippen LogP contribution in [0.25, 0.3) is 0 Å². The zero-order chi connectivity index (χ0) is 14.7. The van der Waals surface area contributed by atoms with Crippen LogP contribution in [0.1, 0.15) is 39.5 Å². The molecule has 0 aliphatic heterocycles. The molecule has 0 heterocycles. The minimum Gasteiger partial charge on any atom is -0.384 e. The molecule has 1 amide bonds. The molecule has 0 unspecified atom stereocenters. The lowest BCUT2D eigenvalue weighted by atomic mass is 10.00. The molecule has 0 bridgehead atoms. The number of hydrogen-bond acceptors (Lipinski definition) is 3. The summed E-state index contributed by atoms with van der Waals surface area (Å²) in [7, 11) is 0. The summed E-state index contributed by atoms with van der Waals surface area (Å²) in [6.07, 6.45) is 5.77. The molecule has 1 N–H and O–H groups in total. The van der Waals surface area contributed by atoms with Crippen molar-refractivity contribution in [2.45, 2.75) is 39.5 Å². The first-order valence-electron chi connectivity index (χ1n) is 6.39. The summed E-state index contributed by atoms with van der Waals surface area (Å²) in [4.78, 5) is 26.6. The summed E-state index contributed by atoms with van der Waals surface area (Å²) < 4.78 is 0. The van der Waals surface area contributed by atoms with E-state index in [-0.39, 0.29) is 18.7 Å². The van der Waals surface area contributed by atoms with E-state index >= 15 is 0 Å². The molecule has 0 aromatic carbocycles.